The van der Waals surface area contributed by atoms with E-state index in [0.717, 1.165) is 23.5 Å². The number of carbonyl (C=O) groups is 2. The van der Waals surface area contributed by atoms with Crippen LogP contribution >= 0.6 is 11.3 Å². The van der Waals surface area contributed by atoms with Gasteiger partial charge in [0, 0.05) is 38.4 Å². The molecule has 166 valence electrons. The molecule has 1 saturated heterocycles. The second kappa shape index (κ2) is 9.07. The second-order valence-electron chi connectivity index (χ2n) is 7.59. The first-order chi connectivity index (χ1) is 15.3. The molecule has 0 N–H and O–H groups in total. The number of thiazole rings is 1. The lowest BCUT2D eigenvalue weighted by Crippen LogP contribution is -2.31. The van der Waals surface area contributed by atoms with Crippen LogP contribution in [0.15, 0.2) is 30.6 Å². The molecule has 1 aliphatic rings. The van der Waals surface area contributed by atoms with Crippen molar-refractivity contribution in [1.82, 2.24) is 19.9 Å². The molecule has 0 bridgehead atoms. The van der Waals surface area contributed by atoms with Crippen LogP contribution < -0.4 is 4.90 Å². The molecule has 1 aliphatic heterocycles. The van der Waals surface area contributed by atoms with Crippen LogP contribution in [0.25, 0.3) is 0 Å². The summed E-state index contributed by atoms with van der Waals surface area (Å²) in [6.45, 7) is 4.59. The lowest BCUT2D eigenvalue weighted by atomic mass is 10.1. The molecular weight excluding hydrogens is 436 g/mol. The Morgan fingerprint density at radius 3 is 2.66 bits per heavy atom. The molecule has 10 heteroatoms. The van der Waals surface area contributed by atoms with Crippen LogP contribution in [0.3, 0.4) is 0 Å². The Balaban J connectivity index is 1.41. The molecule has 2 amide bonds. The molecule has 32 heavy (non-hydrogen) atoms. The molecule has 0 unspecified atom stereocenters. The smallest absolute Gasteiger partial charge is 0.318 e. The number of amides is 2. The van der Waals surface area contributed by atoms with E-state index in [1.165, 1.54) is 22.3 Å². The Hall–Kier alpha value is -3.27. The molecular formula is C22H21F2N5O2S. The normalized spacial score (nSPS) is 13.8. The van der Waals surface area contributed by atoms with Gasteiger partial charge >= 0.3 is 6.03 Å². The van der Waals surface area contributed by atoms with Gasteiger partial charge in [0.1, 0.15) is 0 Å². The standard InChI is InChI=1S/C22H21F2N5O2S/c1-13-10-26-16(11-25-13)4-6-19(30)20-14(2)27-21(32-20)29-8-7-28(22(29)31)12-15-3-5-17(23)18(24)9-15/h3,5,9-11H,4,6-8,12H2,1-2H3. The fraction of sp³-hybridized carbons (Fsp3) is 0.318. The van der Waals surface area contributed by atoms with E-state index in [1.54, 1.807) is 24.2 Å². The summed E-state index contributed by atoms with van der Waals surface area (Å²) in [6.07, 6.45) is 4.08. The van der Waals surface area contributed by atoms with Gasteiger partial charge in [-0.2, -0.15) is 0 Å². The van der Waals surface area contributed by atoms with Gasteiger partial charge in [-0.05, 0) is 38.0 Å². The minimum atomic E-state index is -0.943. The largest absolute Gasteiger partial charge is 0.326 e. The number of hydrogen-bond acceptors (Lipinski definition) is 6. The van der Waals surface area contributed by atoms with Crippen LogP contribution in [-0.2, 0) is 13.0 Å². The summed E-state index contributed by atoms with van der Waals surface area (Å²) in [5.74, 6) is -1.92. The number of carbonyl (C=O) groups excluding carboxylic acids is 2. The molecule has 1 fully saturated rings. The van der Waals surface area contributed by atoms with Crippen molar-refractivity contribution in [3.05, 3.63) is 69.7 Å². The third-order valence-corrected chi connectivity index (χ3v) is 6.39. The number of nitrogens with zero attached hydrogens (tertiary/aromatic N) is 5. The van der Waals surface area contributed by atoms with E-state index >= 15 is 0 Å². The first-order valence-electron chi connectivity index (χ1n) is 10.1. The number of urea groups is 1. The van der Waals surface area contributed by atoms with Crippen molar-refractivity contribution in [2.24, 2.45) is 0 Å². The molecule has 1 aromatic carbocycles. The quantitative estimate of drug-likeness (QED) is 0.500. The summed E-state index contributed by atoms with van der Waals surface area (Å²) in [6, 6.07) is 3.32. The summed E-state index contributed by atoms with van der Waals surface area (Å²) in [7, 11) is 0. The topological polar surface area (TPSA) is 79.3 Å². The molecule has 3 heterocycles. The maximum absolute atomic E-state index is 13.5. The minimum absolute atomic E-state index is 0.0566. The first kappa shape index (κ1) is 21.9. The van der Waals surface area contributed by atoms with Crippen LogP contribution in [0.4, 0.5) is 18.7 Å². The van der Waals surface area contributed by atoms with Crippen LogP contribution in [-0.4, -0.2) is 44.8 Å². The highest BCUT2D eigenvalue weighted by atomic mass is 32.1. The van der Waals surface area contributed by atoms with Gasteiger partial charge in [-0.25, -0.2) is 18.6 Å². The average Bonchev–Trinajstić information content (AvgIpc) is 3.32. The zero-order valence-corrected chi connectivity index (χ0v) is 18.5. The maximum atomic E-state index is 13.5. The number of hydrogen-bond donors (Lipinski definition) is 0. The zero-order valence-electron chi connectivity index (χ0n) is 17.6. The molecule has 0 aliphatic carbocycles. The van der Waals surface area contributed by atoms with Gasteiger partial charge in [-0.3, -0.25) is 19.7 Å². The lowest BCUT2D eigenvalue weighted by Gasteiger charge is -2.17. The molecule has 2 aromatic heterocycles. The van der Waals surface area contributed by atoms with Crippen LogP contribution in [0.2, 0.25) is 0 Å². The van der Waals surface area contributed by atoms with E-state index in [0.29, 0.717) is 40.8 Å². The number of ketones is 1. The Bertz CT molecular complexity index is 1170. The lowest BCUT2D eigenvalue weighted by molar-refractivity contribution is 0.0985. The summed E-state index contributed by atoms with van der Waals surface area (Å²) in [5, 5.41) is 0.457. The molecule has 4 rings (SSSR count). The van der Waals surface area contributed by atoms with E-state index in [9.17, 15) is 18.4 Å². The Labute approximate surface area is 187 Å². The summed E-state index contributed by atoms with van der Waals surface area (Å²) < 4.78 is 26.6. The van der Waals surface area contributed by atoms with Gasteiger partial charge in [0.05, 0.1) is 22.0 Å². The molecule has 0 saturated carbocycles. The Morgan fingerprint density at radius 1 is 1.12 bits per heavy atom. The van der Waals surface area contributed by atoms with Crippen molar-refractivity contribution in [2.45, 2.75) is 33.2 Å². The molecule has 0 radical (unpaired) electrons. The van der Waals surface area contributed by atoms with E-state index in [1.807, 2.05) is 6.92 Å². The SMILES string of the molecule is Cc1cnc(CCC(=O)c2sc(N3CCN(Cc4ccc(F)c(F)c4)C3=O)nc2C)cn1. The third-order valence-electron chi connectivity index (χ3n) is 5.16. The number of rotatable bonds is 7. The average molecular weight is 458 g/mol. The minimum Gasteiger partial charge on any atom is -0.318 e. The van der Waals surface area contributed by atoms with E-state index in [4.69, 9.17) is 0 Å². The third kappa shape index (κ3) is 4.64. The highest BCUT2D eigenvalue weighted by Gasteiger charge is 2.32. The molecule has 0 atom stereocenters. The maximum Gasteiger partial charge on any atom is 0.326 e. The molecule has 0 spiro atoms. The number of anilines is 1. The first-order valence-corrected chi connectivity index (χ1v) is 10.9. The van der Waals surface area contributed by atoms with Gasteiger partial charge in [-0.1, -0.05) is 17.4 Å². The van der Waals surface area contributed by atoms with Crippen molar-refractivity contribution in [3.63, 3.8) is 0 Å². The summed E-state index contributed by atoms with van der Waals surface area (Å²) in [4.78, 5) is 42.0. The molecule has 7 nitrogen and oxygen atoms in total. The Kier molecular flexibility index (Phi) is 6.22. The van der Waals surface area contributed by atoms with Crippen LogP contribution in [0, 0.1) is 25.5 Å². The summed E-state index contributed by atoms with van der Waals surface area (Å²) >= 11 is 1.19. The van der Waals surface area contributed by atoms with Gasteiger partial charge in [0.2, 0.25) is 0 Å². The fourth-order valence-corrected chi connectivity index (χ4v) is 4.48. The molecule has 3 aromatic rings. The fourth-order valence-electron chi connectivity index (χ4n) is 3.43. The van der Waals surface area contributed by atoms with Crippen molar-refractivity contribution in [3.8, 4) is 0 Å². The van der Waals surface area contributed by atoms with Crippen molar-refractivity contribution in [2.75, 3.05) is 18.0 Å². The van der Waals surface area contributed by atoms with Gasteiger partial charge in [-0.15, -0.1) is 0 Å². The highest BCUT2D eigenvalue weighted by molar-refractivity contribution is 7.17. The number of Topliss-reactive ketones (excluding diaryl/α,β-unsaturated/α-hetero) is 1. The zero-order chi connectivity index (χ0) is 22.8. The van der Waals surface area contributed by atoms with Gasteiger partial charge in [0.15, 0.2) is 22.5 Å². The van der Waals surface area contributed by atoms with Crippen molar-refractivity contribution in [1.29, 1.82) is 0 Å². The van der Waals surface area contributed by atoms with E-state index < -0.39 is 11.6 Å². The van der Waals surface area contributed by atoms with E-state index in [2.05, 4.69) is 15.0 Å². The van der Waals surface area contributed by atoms with Crippen LogP contribution in [0.5, 0.6) is 0 Å². The number of aryl methyl sites for hydroxylation is 3. The monoisotopic (exact) mass is 457 g/mol. The van der Waals surface area contributed by atoms with Gasteiger partial charge < -0.3 is 4.90 Å². The number of halogens is 2. The van der Waals surface area contributed by atoms with Gasteiger partial charge in [0.25, 0.3) is 0 Å². The van der Waals surface area contributed by atoms with Crippen molar-refractivity contribution >= 4 is 28.3 Å². The summed E-state index contributed by atoms with van der Waals surface area (Å²) in [5.41, 5.74) is 2.65. The predicted octanol–water partition coefficient (Wildman–Crippen LogP) is 4.09. The van der Waals surface area contributed by atoms with Crippen molar-refractivity contribution < 1.29 is 18.4 Å². The predicted molar refractivity (Wildman–Crippen MR) is 116 cm³/mol. The van der Waals surface area contributed by atoms with Crippen LogP contribution in [0.1, 0.15) is 38.7 Å². The highest BCUT2D eigenvalue weighted by Crippen LogP contribution is 2.30. The van der Waals surface area contributed by atoms with E-state index in [-0.39, 0.29) is 24.8 Å². The number of aromatic nitrogens is 3. The Morgan fingerprint density at radius 2 is 1.94 bits per heavy atom. The second-order valence-corrected chi connectivity index (χ2v) is 8.57. The number of benzene rings is 1.